The van der Waals surface area contributed by atoms with Gasteiger partial charge in [0.15, 0.2) is 0 Å². The standard InChI is InChI=1S/C19H29F2N5O2/c1-12-13(2)22-15(23-16(12)26-7-6-14(8-26)25(3)4)17(27)24-18(11-28-5)9-19(20,21)10-18/h14H,6-11H2,1-5H3,(H,24,27)/t14-/m1/s1. The highest BCUT2D eigenvalue weighted by Gasteiger charge is 2.57. The topological polar surface area (TPSA) is 70.6 Å². The zero-order chi connectivity index (χ0) is 20.7. The number of carbonyl (C=O) groups is 1. The summed E-state index contributed by atoms with van der Waals surface area (Å²) >= 11 is 0. The number of anilines is 1. The molecular weight excluding hydrogens is 368 g/mol. The van der Waals surface area contributed by atoms with Gasteiger partial charge >= 0.3 is 0 Å². The molecule has 0 spiro atoms. The van der Waals surface area contributed by atoms with E-state index in [9.17, 15) is 13.6 Å². The average molecular weight is 397 g/mol. The van der Waals surface area contributed by atoms with Crippen LogP contribution in [-0.4, -0.2) is 79.2 Å². The normalized spacial score (nSPS) is 23.0. The van der Waals surface area contributed by atoms with Crippen molar-refractivity contribution in [3.8, 4) is 0 Å². The Kier molecular flexibility index (Phi) is 5.60. The maximum absolute atomic E-state index is 13.4. The molecule has 2 aliphatic rings. The van der Waals surface area contributed by atoms with Crippen molar-refractivity contribution in [2.24, 2.45) is 0 Å². The van der Waals surface area contributed by atoms with Gasteiger partial charge in [0.2, 0.25) is 5.82 Å². The van der Waals surface area contributed by atoms with E-state index in [1.54, 1.807) is 0 Å². The summed E-state index contributed by atoms with van der Waals surface area (Å²) in [5.74, 6) is -2.57. The molecule has 2 fully saturated rings. The van der Waals surface area contributed by atoms with Crippen LogP contribution in [0.5, 0.6) is 0 Å². The number of nitrogens with zero attached hydrogens (tertiary/aromatic N) is 4. The molecule has 1 aromatic heterocycles. The van der Waals surface area contributed by atoms with Crippen LogP contribution in [0.4, 0.5) is 14.6 Å². The highest BCUT2D eigenvalue weighted by molar-refractivity contribution is 5.91. The number of methoxy groups -OCH3 is 1. The minimum atomic E-state index is -2.78. The van der Waals surface area contributed by atoms with Gasteiger partial charge in [0, 0.05) is 50.3 Å². The van der Waals surface area contributed by atoms with E-state index in [-0.39, 0.29) is 12.4 Å². The van der Waals surface area contributed by atoms with Crippen molar-refractivity contribution < 1.29 is 18.3 Å². The second kappa shape index (κ2) is 7.51. The second-order valence-electron chi connectivity index (χ2n) is 8.31. The molecule has 1 saturated carbocycles. The van der Waals surface area contributed by atoms with E-state index in [0.717, 1.165) is 30.9 Å². The van der Waals surface area contributed by atoms with Crippen molar-refractivity contribution in [2.75, 3.05) is 45.8 Å². The van der Waals surface area contributed by atoms with Gasteiger partial charge in [-0.2, -0.15) is 0 Å². The summed E-state index contributed by atoms with van der Waals surface area (Å²) in [7, 11) is 5.53. The van der Waals surface area contributed by atoms with Crippen LogP contribution in [0.25, 0.3) is 0 Å². The summed E-state index contributed by atoms with van der Waals surface area (Å²) in [4.78, 5) is 25.9. The molecule has 0 unspecified atom stereocenters. The van der Waals surface area contributed by atoms with Crippen LogP contribution in [0.1, 0.15) is 41.1 Å². The molecule has 1 amide bonds. The monoisotopic (exact) mass is 397 g/mol. The van der Waals surface area contributed by atoms with Crippen LogP contribution in [-0.2, 0) is 4.74 Å². The van der Waals surface area contributed by atoms with Gasteiger partial charge in [0.05, 0.1) is 12.1 Å². The lowest BCUT2D eigenvalue weighted by Crippen LogP contribution is -2.64. The number of amides is 1. The molecule has 0 aromatic carbocycles. The van der Waals surface area contributed by atoms with E-state index in [4.69, 9.17) is 4.74 Å². The lowest BCUT2D eigenvalue weighted by Gasteiger charge is -2.47. The number of likely N-dealkylation sites (N-methyl/N-ethyl adjacent to an activating group) is 1. The highest BCUT2D eigenvalue weighted by atomic mass is 19.3. The largest absolute Gasteiger partial charge is 0.382 e. The number of aryl methyl sites for hydroxylation is 1. The molecule has 1 aliphatic carbocycles. The fourth-order valence-electron chi connectivity index (χ4n) is 4.12. The third-order valence-electron chi connectivity index (χ3n) is 5.75. The van der Waals surface area contributed by atoms with Crippen molar-refractivity contribution in [2.45, 2.75) is 50.6 Å². The average Bonchev–Trinajstić information content (AvgIpc) is 3.05. The predicted octanol–water partition coefficient (Wildman–Crippen LogP) is 1.78. The number of alkyl halides is 2. The maximum atomic E-state index is 13.4. The molecule has 28 heavy (non-hydrogen) atoms. The number of hydrogen-bond acceptors (Lipinski definition) is 6. The predicted molar refractivity (Wildman–Crippen MR) is 102 cm³/mol. The lowest BCUT2D eigenvalue weighted by atomic mass is 9.74. The molecule has 7 nitrogen and oxygen atoms in total. The van der Waals surface area contributed by atoms with Gasteiger partial charge < -0.3 is 19.9 Å². The van der Waals surface area contributed by atoms with Crippen LogP contribution < -0.4 is 10.2 Å². The third-order valence-corrected chi connectivity index (χ3v) is 5.75. The Balaban J connectivity index is 1.81. The second-order valence-corrected chi connectivity index (χ2v) is 8.31. The van der Waals surface area contributed by atoms with Crippen LogP contribution in [0.2, 0.25) is 0 Å². The van der Waals surface area contributed by atoms with E-state index in [1.807, 2.05) is 13.8 Å². The van der Waals surface area contributed by atoms with Crippen LogP contribution >= 0.6 is 0 Å². The first-order valence-electron chi connectivity index (χ1n) is 9.52. The van der Waals surface area contributed by atoms with Gasteiger partial charge in [-0.15, -0.1) is 0 Å². The van der Waals surface area contributed by atoms with Crippen molar-refractivity contribution in [1.29, 1.82) is 0 Å². The van der Waals surface area contributed by atoms with Crippen LogP contribution in [0.3, 0.4) is 0 Å². The van der Waals surface area contributed by atoms with Gasteiger partial charge in [-0.1, -0.05) is 0 Å². The Hall–Kier alpha value is -1.87. The number of rotatable bonds is 6. The number of aromatic nitrogens is 2. The van der Waals surface area contributed by atoms with Crippen LogP contribution in [0, 0.1) is 13.8 Å². The fourth-order valence-corrected chi connectivity index (χ4v) is 4.12. The van der Waals surface area contributed by atoms with Crippen molar-refractivity contribution in [1.82, 2.24) is 20.2 Å². The molecule has 9 heteroatoms. The fraction of sp³-hybridized carbons (Fsp3) is 0.737. The van der Waals surface area contributed by atoms with Crippen molar-refractivity contribution >= 4 is 11.7 Å². The molecule has 2 heterocycles. The summed E-state index contributed by atoms with van der Waals surface area (Å²) in [5, 5.41) is 2.70. The highest BCUT2D eigenvalue weighted by Crippen LogP contribution is 2.45. The third kappa shape index (κ3) is 4.10. The molecule has 1 atom stereocenters. The number of nitrogens with one attached hydrogen (secondary N) is 1. The first-order valence-corrected chi connectivity index (χ1v) is 9.52. The van der Waals surface area contributed by atoms with E-state index in [2.05, 4.69) is 39.2 Å². The molecule has 3 rings (SSSR count). The summed E-state index contributed by atoms with van der Waals surface area (Å²) < 4.78 is 32.0. The molecule has 156 valence electrons. The molecular formula is C19H29F2N5O2. The summed E-state index contributed by atoms with van der Waals surface area (Å²) in [5.41, 5.74) is 0.572. The zero-order valence-electron chi connectivity index (χ0n) is 17.2. The minimum Gasteiger partial charge on any atom is -0.382 e. The van der Waals surface area contributed by atoms with Gasteiger partial charge in [0.25, 0.3) is 11.8 Å². The smallest absolute Gasteiger partial charge is 0.289 e. The van der Waals surface area contributed by atoms with Gasteiger partial charge in [-0.3, -0.25) is 4.79 Å². The molecule has 0 radical (unpaired) electrons. The van der Waals surface area contributed by atoms with E-state index in [0.29, 0.717) is 11.7 Å². The van der Waals surface area contributed by atoms with Crippen LogP contribution in [0.15, 0.2) is 0 Å². The first kappa shape index (κ1) is 20.9. The van der Waals surface area contributed by atoms with Gasteiger partial charge in [-0.05, 0) is 34.4 Å². The van der Waals surface area contributed by atoms with Gasteiger partial charge in [0.1, 0.15) is 5.82 Å². The van der Waals surface area contributed by atoms with Gasteiger partial charge in [-0.25, -0.2) is 18.7 Å². The molecule has 0 bridgehead atoms. The van der Waals surface area contributed by atoms with Crippen molar-refractivity contribution in [3.63, 3.8) is 0 Å². The van der Waals surface area contributed by atoms with E-state index >= 15 is 0 Å². The Morgan fingerprint density at radius 2 is 2.00 bits per heavy atom. The molecule has 1 N–H and O–H groups in total. The SMILES string of the molecule is COCC1(NC(=O)c2nc(C)c(C)c(N3CC[C@@H](N(C)C)C3)n2)CC(F)(F)C1. The Morgan fingerprint density at radius 1 is 1.32 bits per heavy atom. The first-order chi connectivity index (χ1) is 13.1. The van der Waals surface area contributed by atoms with E-state index in [1.165, 1.54) is 7.11 Å². The Morgan fingerprint density at radius 3 is 2.54 bits per heavy atom. The number of halogens is 2. The number of hydrogen-bond donors (Lipinski definition) is 1. The summed E-state index contributed by atoms with van der Waals surface area (Å²) in [6.45, 7) is 5.47. The molecule has 1 saturated heterocycles. The molecule has 1 aliphatic heterocycles. The number of carbonyl (C=O) groups excluding carboxylic acids is 1. The summed E-state index contributed by atoms with van der Waals surface area (Å²) in [6.07, 6.45) is 0.144. The maximum Gasteiger partial charge on any atom is 0.289 e. The van der Waals surface area contributed by atoms with E-state index < -0.39 is 30.2 Å². The quantitative estimate of drug-likeness (QED) is 0.789. The number of ether oxygens (including phenoxy) is 1. The molecule has 1 aromatic rings. The minimum absolute atomic E-state index is 0.0112. The summed E-state index contributed by atoms with van der Waals surface area (Å²) in [6, 6.07) is 0.425. The lowest BCUT2D eigenvalue weighted by molar-refractivity contribution is -0.146. The van der Waals surface area contributed by atoms with Crippen molar-refractivity contribution in [3.05, 3.63) is 17.1 Å². The Bertz CT molecular complexity index is 748. The Labute approximate surface area is 164 Å². The zero-order valence-corrected chi connectivity index (χ0v) is 17.2.